The Morgan fingerprint density at radius 2 is 1.95 bits per heavy atom. The molecule has 1 heterocycles. The van der Waals surface area contributed by atoms with Crippen LogP contribution in [0, 0.1) is 18.3 Å². The van der Waals surface area contributed by atoms with E-state index < -0.39 is 10.1 Å². The van der Waals surface area contributed by atoms with E-state index in [9.17, 15) is 8.42 Å². The Kier molecular flexibility index (Phi) is 4.30. The molecule has 0 aliphatic rings. The summed E-state index contributed by atoms with van der Waals surface area (Å²) < 4.78 is 28.4. The van der Waals surface area contributed by atoms with Crippen LogP contribution < -0.4 is 0 Å². The van der Waals surface area contributed by atoms with E-state index in [4.69, 9.17) is 5.26 Å². The first-order valence-corrected chi connectivity index (χ1v) is 7.33. The number of hydrogen-bond donors (Lipinski definition) is 0. The molecule has 0 aliphatic heterocycles. The van der Waals surface area contributed by atoms with Crippen molar-refractivity contribution in [2.24, 2.45) is 5.16 Å². The fourth-order valence-electron chi connectivity index (χ4n) is 1.46. The van der Waals surface area contributed by atoms with E-state index in [1.165, 1.54) is 24.4 Å². The van der Waals surface area contributed by atoms with Gasteiger partial charge in [0.1, 0.15) is 16.7 Å². The van der Waals surface area contributed by atoms with Gasteiger partial charge in [-0.2, -0.15) is 13.7 Å². The van der Waals surface area contributed by atoms with Crippen molar-refractivity contribution in [2.45, 2.75) is 11.8 Å². The van der Waals surface area contributed by atoms with Crippen LogP contribution in [0.2, 0.25) is 0 Å². The number of hydrogen-bond acceptors (Lipinski definition) is 6. The molecule has 7 heteroatoms. The lowest BCUT2D eigenvalue weighted by molar-refractivity contribution is 0.339. The van der Waals surface area contributed by atoms with Crippen LogP contribution in [0.3, 0.4) is 0 Å². The van der Waals surface area contributed by atoms with Crippen LogP contribution in [0.25, 0.3) is 0 Å². The van der Waals surface area contributed by atoms with Crippen LogP contribution in [0.15, 0.2) is 58.7 Å². The molecule has 1 aromatic carbocycles. The van der Waals surface area contributed by atoms with Crippen molar-refractivity contribution < 1.29 is 12.7 Å². The summed E-state index contributed by atoms with van der Waals surface area (Å²) in [5, 5.41) is 12.4. The van der Waals surface area contributed by atoms with Crippen molar-refractivity contribution in [3.63, 3.8) is 0 Å². The quantitative estimate of drug-likeness (QED) is 0.636. The SMILES string of the molecule is Cc1ccc(S(=O)(=O)O/N=C(\C#N)c2ccccn2)cc1. The van der Waals surface area contributed by atoms with Crippen molar-refractivity contribution in [1.82, 2.24) is 4.98 Å². The molecule has 2 aromatic rings. The number of pyridine rings is 1. The summed E-state index contributed by atoms with van der Waals surface area (Å²) in [6.45, 7) is 1.84. The van der Waals surface area contributed by atoms with Gasteiger partial charge < -0.3 is 0 Å². The van der Waals surface area contributed by atoms with Gasteiger partial charge in [0.05, 0.1) is 0 Å². The van der Waals surface area contributed by atoms with Crippen molar-refractivity contribution >= 4 is 15.8 Å². The average molecular weight is 301 g/mol. The Morgan fingerprint density at radius 3 is 2.52 bits per heavy atom. The van der Waals surface area contributed by atoms with Gasteiger partial charge in [-0.1, -0.05) is 28.9 Å². The van der Waals surface area contributed by atoms with Crippen LogP contribution in [0.1, 0.15) is 11.3 Å². The fourth-order valence-corrected chi connectivity index (χ4v) is 2.19. The van der Waals surface area contributed by atoms with Crippen LogP contribution >= 0.6 is 0 Å². The van der Waals surface area contributed by atoms with E-state index >= 15 is 0 Å². The third kappa shape index (κ3) is 3.64. The summed E-state index contributed by atoms with van der Waals surface area (Å²) in [6, 6.07) is 12.7. The molecule has 0 aliphatic carbocycles. The lowest BCUT2D eigenvalue weighted by Gasteiger charge is -2.02. The highest BCUT2D eigenvalue weighted by Crippen LogP contribution is 2.13. The maximum atomic E-state index is 11.9. The number of aromatic nitrogens is 1. The summed E-state index contributed by atoms with van der Waals surface area (Å²) in [4.78, 5) is 3.87. The van der Waals surface area contributed by atoms with Gasteiger partial charge in [-0.3, -0.25) is 9.27 Å². The molecule has 6 nitrogen and oxygen atoms in total. The second-order valence-corrected chi connectivity index (χ2v) is 5.64. The molecule has 21 heavy (non-hydrogen) atoms. The van der Waals surface area contributed by atoms with E-state index in [0.29, 0.717) is 0 Å². The van der Waals surface area contributed by atoms with Gasteiger partial charge in [-0.05, 0) is 31.2 Å². The summed E-state index contributed by atoms with van der Waals surface area (Å²) >= 11 is 0. The second-order valence-electron chi connectivity index (χ2n) is 4.11. The Bertz CT molecular complexity index is 792. The minimum Gasteiger partial charge on any atom is -0.263 e. The molecular formula is C14H11N3O3S. The standard InChI is InChI=1S/C14H11N3O3S/c1-11-5-7-12(8-6-11)21(18,19)20-17-14(10-15)13-4-2-3-9-16-13/h2-9H,1H3/b17-14+. The van der Waals surface area contributed by atoms with Gasteiger partial charge in [0, 0.05) is 6.20 Å². The minimum absolute atomic E-state index is 0.0323. The third-order valence-corrected chi connectivity index (χ3v) is 3.67. The highest BCUT2D eigenvalue weighted by molar-refractivity contribution is 7.86. The highest BCUT2D eigenvalue weighted by Gasteiger charge is 2.16. The van der Waals surface area contributed by atoms with E-state index in [1.807, 2.05) is 6.92 Å². The Labute approximate surface area is 122 Å². The molecule has 0 saturated carbocycles. The lowest BCUT2D eigenvalue weighted by atomic mass is 10.2. The topological polar surface area (TPSA) is 92.4 Å². The van der Waals surface area contributed by atoms with E-state index in [1.54, 1.807) is 30.3 Å². The molecular weight excluding hydrogens is 290 g/mol. The van der Waals surface area contributed by atoms with Crippen molar-refractivity contribution in [2.75, 3.05) is 0 Å². The number of aryl methyl sites for hydroxylation is 1. The molecule has 0 radical (unpaired) electrons. The lowest BCUT2D eigenvalue weighted by Crippen LogP contribution is -2.07. The number of nitrogens with zero attached hydrogens (tertiary/aromatic N) is 3. The zero-order valence-corrected chi connectivity index (χ0v) is 11.9. The maximum absolute atomic E-state index is 11.9. The van der Waals surface area contributed by atoms with Crippen LogP contribution in [0.5, 0.6) is 0 Å². The van der Waals surface area contributed by atoms with Crippen molar-refractivity contribution in [3.8, 4) is 6.07 Å². The molecule has 0 saturated heterocycles. The summed E-state index contributed by atoms with van der Waals surface area (Å²) in [7, 11) is -4.06. The van der Waals surface area contributed by atoms with Gasteiger partial charge in [0.2, 0.25) is 5.71 Å². The zero-order chi connectivity index (χ0) is 15.3. The predicted octanol–water partition coefficient (Wildman–Crippen LogP) is 2.02. The first-order chi connectivity index (χ1) is 10.0. The first-order valence-electron chi connectivity index (χ1n) is 5.93. The number of rotatable bonds is 4. The van der Waals surface area contributed by atoms with Gasteiger partial charge in [-0.15, -0.1) is 0 Å². The molecule has 106 valence electrons. The third-order valence-electron chi connectivity index (χ3n) is 2.55. The van der Waals surface area contributed by atoms with Crippen molar-refractivity contribution in [1.29, 1.82) is 5.26 Å². The van der Waals surface area contributed by atoms with E-state index in [2.05, 4.69) is 14.4 Å². The molecule has 0 bridgehead atoms. The highest BCUT2D eigenvalue weighted by atomic mass is 32.2. The van der Waals surface area contributed by atoms with Crippen molar-refractivity contribution in [3.05, 3.63) is 59.9 Å². The van der Waals surface area contributed by atoms with Gasteiger partial charge >= 0.3 is 10.1 Å². The summed E-state index contributed by atoms with van der Waals surface area (Å²) in [6.07, 6.45) is 1.47. The van der Waals surface area contributed by atoms with E-state index in [0.717, 1.165) is 5.56 Å². The Balaban J connectivity index is 2.26. The smallest absolute Gasteiger partial charge is 0.263 e. The molecule has 1 aromatic heterocycles. The van der Waals surface area contributed by atoms with Gasteiger partial charge in [0.15, 0.2) is 0 Å². The monoisotopic (exact) mass is 301 g/mol. The molecule has 0 spiro atoms. The van der Waals surface area contributed by atoms with Crippen LogP contribution in [0.4, 0.5) is 0 Å². The zero-order valence-electron chi connectivity index (χ0n) is 11.1. The number of nitriles is 1. The normalized spacial score (nSPS) is 11.7. The number of benzene rings is 1. The van der Waals surface area contributed by atoms with Crippen LogP contribution in [-0.2, 0) is 14.4 Å². The van der Waals surface area contributed by atoms with E-state index in [-0.39, 0.29) is 16.3 Å². The molecule has 0 amide bonds. The predicted molar refractivity (Wildman–Crippen MR) is 75.8 cm³/mol. The molecule has 0 atom stereocenters. The minimum atomic E-state index is -4.06. The fraction of sp³-hybridized carbons (Fsp3) is 0.0714. The second kappa shape index (κ2) is 6.15. The molecule has 0 fully saturated rings. The summed E-state index contributed by atoms with van der Waals surface area (Å²) in [5.74, 6) is 0. The molecule has 2 rings (SSSR count). The van der Waals surface area contributed by atoms with Gasteiger partial charge in [0.25, 0.3) is 0 Å². The first kappa shape index (κ1) is 14.7. The largest absolute Gasteiger partial charge is 0.358 e. The van der Waals surface area contributed by atoms with Crippen LogP contribution in [-0.4, -0.2) is 19.1 Å². The number of oxime groups is 1. The maximum Gasteiger partial charge on any atom is 0.358 e. The Morgan fingerprint density at radius 1 is 1.24 bits per heavy atom. The molecule has 0 N–H and O–H groups in total. The molecule has 0 unspecified atom stereocenters. The Hall–Kier alpha value is -2.72. The van der Waals surface area contributed by atoms with Gasteiger partial charge in [-0.25, -0.2) is 0 Å². The average Bonchev–Trinajstić information content (AvgIpc) is 2.49. The summed E-state index contributed by atoms with van der Waals surface area (Å²) in [5.41, 5.74) is 0.939.